The Hall–Kier alpha value is -2.75. The van der Waals surface area contributed by atoms with E-state index in [1.807, 2.05) is 33.9 Å². The number of nitrogens with zero attached hydrogens (tertiary/aromatic N) is 2. The molecule has 0 aliphatic carbocycles. The molecule has 0 fully saturated rings. The summed E-state index contributed by atoms with van der Waals surface area (Å²) in [5.41, 5.74) is 7.41. The van der Waals surface area contributed by atoms with Gasteiger partial charge in [0, 0.05) is 55.1 Å². The monoisotopic (exact) mass is 746 g/mol. The number of carbonyl (C=O) groups is 1. The number of fused-ring (bicyclic) bond motifs is 3. The van der Waals surface area contributed by atoms with Crippen LogP contribution >= 0.6 is 0 Å². The van der Waals surface area contributed by atoms with Crippen LogP contribution in [0.3, 0.4) is 0 Å². The molecule has 0 amide bonds. The third-order valence-corrected chi connectivity index (χ3v) is 7.82. The second-order valence-corrected chi connectivity index (χ2v) is 12.5. The number of ketones is 1. The van der Waals surface area contributed by atoms with E-state index in [1.165, 1.54) is 28.1 Å². The van der Waals surface area contributed by atoms with Crippen LogP contribution in [-0.4, -0.2) is 20.3 Å². The van der Waals surface area contributed by atoms with Crippen molar-refractivity contribution in [3.8, 4) is 11.4 Å². The van der Waals surface area contributed by atoms with Crippen molar-refractivity contribution in [3.05, 3.63) is 83.3 Å². The molecule has 4 nitrogen and oxygen atoms in total. The fraction of sp³-hybridized carbons (Fsp3) is 0.459. The number of aliphatic hydroxyl groups is 1. The van der Waals surface area contributed by atoms with Gasteiger partial charge in [-0.05, 0) is 55.2 Å². The number of carbonyl (C=O) groups excluding carboxylic acids is 1. The smallest absolute Gasteiger partial charge is 0.162 e. The van der Waals surface area contributed by atoms with Gasteiger partial charge in [0.25, 0.3) is 0 Å². The van der Waals surface area contributed by atoms with Crippen molar-refractivity contribution in [2.75, 3.05) is 0 Å². The average molecular weight is 746 g/mol. The fourth-order valence-corrected chi connectivity index (χ4v) is 5.60. The first kappa shape index (κ1) is 35.4. The molecule has 4 aromatic rings. The summed E-state index contributed by atoms with van der Waals surface area (Å²) in [4.78, 5) is 16.4. The molecule has 5 heteroatoms. The summed E-state index contributed by atoms with van der Waals surface area (Å²) in [6.45, 7) is 19.2. The van der Waals surface area contributed by atoms with Crippen LogP contribution in [0.4, 0.5) is 0 Å². The third kappa shape index (κ3) is 8.88. The van der Waals surface area contributed by atoms with Crippen LogP contribution in [0.5, 0.6) is 0 Å². The Kier molecular flexibility index (Phi) is 13.2. The van der Waals surface area contributed by atoms with Gasteiger partial charge in [-0.15, -0.1) is 34.9 Å². The van der Waals surface area contributed by atoms with Crippen molar-refractivity contribution in [3.63, 3.8) is 0 Å². The van der Waals surface area contributed by atoms with E-state index < -0.39 is 0 Å². The minimum Gasteiger partial charge on any atom is -0.512 e. The van der Waals surface area contributed by atoms with E-state index in [4.69, 9.17) is 4.98 Å². The normalized spacial score (nSPS) is 12.0. The number of aromatic nitrogens is 2. The van der Waals surface area contributed by atoms with Crippen molar-refractivity contribution >= 4 is 22.2 Å². The van der Waals surface area contributed by atoms with Crippen LogP contribution in [0.1, 0.15) is 90.8 Å². The van der Waals surface area contributed by atoms with Crippen LogP contribution in [0.15, 0.2) is 60.5 Å². The number of allylic oxidation sites excluding steroid dienone is 2. The van der Waals surface area contributed by atoms with Crippen LogP contribution in [0, 0.1) is 37.2 Å². The Bertz CT molecular complexity index is 1480. The van der Waals surface area contributed by atoms with Gasteiger partial charge < -0.3 is 9.51 Å². The number of aryl methyl sites for hydroxylation is 2. The van der Waals surface area contributed by atoms with Crippen molar-refractivity contribution in [2.24, 2.45) is 17.3 Å². The van der Waals surface area contributed by atoms with Gasteiger partial charge in [-0.3, -0.25) is 9.78 Å². The van der Waals surface area contributed by atoms with Gasteiger partial charge in [0.05, 0.1) is 17.1 Å². The Morgan fingerprint density at radius 1 is 0.976 bits per heavy atom. The first-order chi connectivity index (χ1) is 19.4. The first-order valence-electron chi connectivity index (χ1n) is 15.3. The van der Waals surface area contributed by atoms with E-state index in [2.05, 4.69) is 87.6 Å². The largest absolute Gasteiger partial charge is 0.512 e. The first-order valence-corrected chi connectivity index (χ1v) is 15.3. The molecule has 0 saturated carbocycles. The second-order valence-electron chi connectivity index (χ2n) is 12.5. The van der Waals surface area contributed by atoms with Gasteiger partial charge in [-0.1, -0.05) is 80.5 Å². The Labute approximate surface area is 267 Å². The quantitative estimate of drug-likeness (QED) is 0.105. The van der Waals surface area contributed by atoms with Crippen molar-refractivity contribution in [2.45, 2.75) is 94.4 Å². The molecular weight excluding hydrogens is 697 g/mol. The Morgan fingerprint density at radius 3 is 2.19 bits per heavy atom. The van der Waals surface area contributed by atoms with E-state index >= 15 is 0 Å². The molecule has 0 aliphatic heterocycles. The SMILES string of the molecule is CCC(CC)C(=O)/C=C(\O)C(CC)CC.Cc1[c-]c(-c2ncc3ccc4c(CC(C)(C)C)cccc4n23)cc(C)c1.[Ir]. The van der Waals surface area contributed by atoms with E-state index in [0.29, 0.717) is 0 Å². The number of benzene rings is 2. The molecule has 42 heavy (non-hydrogen) atoms. The molecule has 229 valence electrons. The van der Waals surface area contributed by atoms with Crippen LogP contribution in [0.2, 0.25) is 0 Å². The molecule has 0 saturated heterocycles. The zero-order chi connectivity index (χ0) is 30.3. The van der Waals surface area contributed by atoms with Gasteiger partial charge in [0.1, 0.15) is 0 Å². The molecule has 1 radical (unpaired) electrons. The van der Waals surface area contributed by atoms with E-state index in [9.17, 15) is 9.90 Å². The van der Waals surface area contributed by atoms with E-state index in [1.54, 1.807) is 0 Å². The van der Waals surface area contributed by atoms with Gasteiger partial charge in [-0.2, -0.15) is 0 Å². The number of rotatable bonds is 9. The summed E-state index contributed by atoms with van der Waals surface area (Å²) in [7, 11) is 0. The van der Waals surface area contributed by atoms with Crippen LogP contribution in [0.25, 0.3) is 27.8 Å². The summed E-state index contributed by atoms with van der Waals surface area (Å²) in [6, 6.07) is 18.8. The summed E-state index contributed by atoms with van der Waals surface area (Å²) in [5, 5.41) is 11.1. The molecule has 2 heterocycles. The van der Waals surface area contributed by atoms with Crippen molar-refractivity contribution < 1.29 is 30.0 Å². The molecule has 4 rings (SSSR count). The Balaban J connectivity index is 0.000000334. The molecule has 0 aliphatic rings. The summed E-state index contributed by atoms with van der Waals surface area (Å²) < 4.78 is 2.27. The number of pyridine rings is 1. The maximum atomic E-state index is 11.7. The second kappa shape index (κ2) is 15.6. The molecule has 2 aromatic carbocycles. The predicted molar refractivity (Wildman–Crippen MR) is 173 cm³/mol. The van der Waals surface area contributed by atoms with Gasteiger partial charge in [0.15, 0.2) is 5.78 Å². The summed E-state index contributed by atoms with van der Waals surface area (Å²) in [6.07, 6.45) is 7.91. The number of hydrogen-bond donors (Lipinski definition) is 1. The van der Waals surface area contributed by atoms with E-state index in [0.717, 1.165) is 54.6 Å². The number of imidazole rings is 1. The molecule has 0 spiro atoms. The number of aliphatic hydroxyl groups excluding tert-OH is 1. The van der Waals surface area contributed by atoms with Crippen LogP contribution < -0.4 is 0 Å². The third-order valence-electron chi connectivity index (χ3n) is 7.82. The summed E-state index contributed by atoms with van der Waals surface area (Å²) >= 11 is 0. The van der Waals surface area contributed by atoms with Crippen LogP contribution in [-0.2, 0) is 31.3 Å². The average Bonchev–Trinajstić information content (AvgIpc) is 3.34. The Morgan fingerprint density at radius 2 is 1.62 bits per heavy atom. The minimum atomic E-state index is 0. The van der Waals surface area contributed by atoms with Gasteiger partial charge in [-0.25, -0.2) is 0 Å². The number of hydrogen-bond acceptors (Lipinski definition) is 3. The van der Waals surface area contributed by atoms with Crippen molar-refractivity contribution in [1.29, 1.82) is 0 Å². The molecule has 0 unspecified atom stereocenters. The minimum absolute atomic E-state index is 0. The van der Waals surface area contributed by atoms with Gasteiger partial charge >= 0.3 is 0 Å². The standard InChI is InChI=1S/C24H25N2.C13H24O2.Ir/c1-16-11-17(2)13-19(12-16)23-25-15-20-9-10-21-18(14-24(3,4)5)7-6-8-22(21)26(20)23;1-5-10(6-2)12(14)9-13(15)11(7-3)8-4;/h6-12,15H,14H2,1-5H3;9-11,14H,5-8H2,1-4H3;/q-1;;/b;12-9-;. The maximum absolute atomic E-state index is 11.7. The molecule has 1 N–H and O–H groups in total. The summed E-state index contributed by atoms with van der Waals surface area (Å²) in [5.74, 6) is 1.51. The zero-order valence-electron chi connectivity index (χ0n) is 27.0. The molecular formula is C37H49IrN2O2-. The van der Waals surface area contributed by atoms with Gasteiger partial charge in [0.2, 0.25) is 0 Å². The fourth-order valence-electron chi connectivity index (χ4n) is 5.60. The predicted octanol–water partition coefficient (Wildman–Crippen LogP) is 10.0. The van der Waals surface area contributed by atoms with Crippen molar-refractivity contribution in [1.82, 2.24) is 9.38 Å². The zero-order valence-corrected chi connectivity index (χ0v) is 29.4. The molecule has 0 atom stereocenters. The van der Waals surface area contributed by atoms with E-state index in [-0.39, 0.29) is 48.9 Å². The molecule has 0 bridgehead atoms. The maximum Gasteiger partial charge on any atom is 0.162 e. The molecule has 2 aromatic heterocycles. The topological polar surface area (TPSA) is 54.6 Å².